The lowest BCUT2D eigenvalue weighted by Gasteiger charge is -2.15. The summed E-state index contributed by atoms with van der Waals surface area (Å²) in [5.74, 6) is -0.348. The Kier molecular flexibility index (Phi) is 5.29. The number of hydrogen-bond donors (Lipinski definition) is 1. The van der Waals surface area contributed by atoms with Crippen LogP contribution in [0, 0.1) is 0 Å². The molecule has 0 aliphatic carbocycles. The van der Waals surface area contributed by atoms with Crippen LogP contribution in [0.15, 0.2) is 24.8 Å². The molecule has 1 N–H and O–H groups in total. The van der Waals surface area contributed by atoms with E-state index in [-0.39, 0.29) is 11.8 Å². The largest absolute Gasteiger partial charge is 0.351 e. The Morgan fingerprint density at radius 3 is 2.50 bits per heavy atom. The highest BCUT2D eigenvalue weighted by Gasteiger charge is 2.04. The van der Waals surface area contributed by atoms with Crippen molar-refractivity contribution in [2.75, 3.05) is 20.1 Å². The van der Waals surface area contributed by atoms with Gasteiger partial charge in [-0.2, -0.15) is 0 Å². The average Bonchev–Trinajstić information content (AvgIpc) is 2.15. The fraction of sp³-hybridized carbons (Fsp3) is 0.400. The van der Waals surface area contributed by atoms with Gasteiger partial charge in [0.1, 0.15) is 0 Å². The summed E-state index contributed by atoms with van der Waals surface area (Å²) in [6, 6.07) is 0. The summed E-state index contributed by atoms with van der Waals surface area (Å²) in [6.45, 7) is 9.37. The number of nitrogens with zero attached hydrogens (tertiary/aromatic N) is 1. The second-order valence-electron chi connectivity index (χ2n) is 3.00. The zero-order chi connectivity index (χ0) is 11.1. The monoisotopic (exact) mass is 196 g/mol. The lowest BCUT2D eigenvalue weighted by Crippen LogP contribution is -2.35. The van der Waals surface area contributed by atoms with Crippen molar-refractivity contribution >= 4 is 11.8 Å². The molecule has 0 bridgehead atoms. The fourth-order valence-corrected chi connectivity index (χ4v) is 0.754. The van der Waals surface area contributed by atoms with Gasteiger partial charge < -0.3 is 10.2 Å². The summed E-state index contributed by atoms with van der Waals surface area (Å²) in [5.41, 5.74) is 0.461. The van der Waals surface area contributed by atoms with Crippen LogP contribution in [0.5, 0.6) is 0 Å². The van der Waals surface area contributed by atoms with Crippen LogP contribution in [0.4, 0.5) is 0 Å². The first-order valence-corrected chi connectivity index (χ1v) is 4.30. The number of rotatable bonds is 5. The molecule has 0 aliphatic rings. The number of carbonyl (C=O) groups is 2. The van der Waals surface area contributed by atoms with Crippen molar-refractivity contribution in [2.24, 2.45) is 0 Å². The lowest BCUT2D eigenvalue weighted by atomic mass is 10.3. The third kappa shape index (κ3) is 4.45. The lowest BCUT2D eigenvalue weighted by molar-refractivity contribution is -0.125. The van der Waals surface area contributed by atoms with Crippen LogP contribution >= 0.6 is 0 Å². The Hall–Kier alpha value is -1.58. The molecule has 4 nitrogen and oxygen atoms in total. The van der Waals surface area contributed by atoms with E-state index in [1.165, 1.54) is 11.0 Å². The number of carbonyl (C=O) groups excluding carboxylic acids is 2. The number of nitrogens with one attached hydrogen (secondary N) is 1. The van der Waals surface area contributed by atoms with E-state index in [1.807, 2.05) is 0 Å². The van der Waals surface area contributed by atoms with E-state index in [0.29, 0.717) is 18.7 Å². The SMILES string of the molecule is C=CC(=O)N(C)CCNC(=O)C(=C)C. The van der Waals surface area contributed by atoms with Crippen molar-refractivity contribution in [3.8, 4) is 0 Å². The molecule has 0 rings (SSSR count). The highest BCUT2D eigenvalue weighted by atomic mass is 16.2. The van der Waals surface area contributed by atoms with Crippen LogP contribution in [0.25, 0.3) is 0 Å². The summed E-state index contributed by atoms with van der Waals surface area (Å²) in [5, 5.41) is 2.63. The Bertz CT molecular complexity index is 259. The zero-order valence-electron chi connectivity index (χ0n) is 8.67. The standard InChI is InChI=1S/C10H16N2O2/c1-5-9(13)12(4)7-6-11-10(14)8(2)3/h5H,1-2,6-7H2,3-4H3,(H,11,14). The zero-order valence-corrected chi connectivity index (χ0v) is 8.67. The van der Waals surface area contributed by atoms with Crippen molar-refractivity contribution < 1.29 is 9.59 Å². The molecule has 0 spiro atoms. The van der Waals surface area contributed by atoms with E-state index in [2.05, 4.69) is 18.5 Å². The van der Waals surface area contributed by atoms with Gasteiger partial charge in [-0.25, -0.2) is 0 Å². The first kappa shape index (κ1) is 12.4. The first-order chi connectivity index (χ1) is 6.49. The molecule has 0 fully saturated rings. The third-order valence-electron chi connectivity index (χ3n) is 1.67. The van der Waals surface area contributed by atoms with Crippen molar-refractivity contribution in [1.82, 2.24) is 10.2 Å². The molecule has 0 saturated heterocycles. The molecular formula is C10H16N2O2. The summed E-state index contributed by atoms with van der Waals surface area (Å²) in [4.78, 5) is 23.5. The number of likely N-dealkylation sites (N-methyl/N-ethyl adjacent to an activating group) is 1. The molecule has 0 unspecified atom stereocenters. The van der Waals surface area contributed by atoms with E-state index >= 15 is 0 Å². The predicted octanol–water partition coefficient (Wildman–Crippen LogP) is 0.323. The molecule has 0 heterocycles. The van der Waals surface area contributed by atoms with Gasteiger partial charge in [-0.05, 0) is 13.0 Å². The number of hydrogen-bond acceptors (Lipinski definition) is 2. The normalized spacial score (nSPS) is 9.00. The average molecular weight is 196 g/mol. The van der Waals surface area contributed by atoms with Crippen molar-refractivity contribution in [3.05, 3.63) is 24.8 Å². The smallest absolute Gasteiger partial charge is 0.246 e. The van der Waals surface area contributed by atoms with Crippen LogP contribution in [0.1, 0.15) is 6.92 Å². The van der Waals surface area contributed by atoms with Crippen LogP contribution in [-0.4, -0.2) is 36.9 Å². The Balaban J connectivity index is 3.74. The third-order valence-corrected chi connectivity index (χ3v) is 1.67. The van der Waals surface area contributed by atoms with Crippen LogP contribution in [-0.2, 0) is 9.59 Å². The molecule has 14 heavy (non-hydrogen) atoms. The maximum Gasteiger partial charge on any atom is 0.246 e. The molecular weight excluding hydrogens is 180 g/mol. The molecule has 4 heteroatoms. The Morgan fingerprint density at radius 2 is 2.07 bits per heavy atom. The quantitative estimate of drug-likeness (QED) is 0.644. The summed E-state index contributed by atoms with van der Waals surface area (Å²) in [6.07, 6.45) is 1.24. The van der Waals surface area contributed by atoms with Gasteiger partial charge in [0.2, 0.25) is 11.8 Å². The molecule has 0 saturated carbocycles. The summed E-state index contributed by atoms with van der Waals surface area (Å²) >= 11 is 0. The van der Waals surface area contributed by atoms with Crippen molar-refractivity contribution in [2.45, 2.75) is 6.92 Å². The fourth-order valence-electron chi connectivity index (χ4n) is 0.754. The van der Waals surface area contributed by atoms with Crippen LogP contribution < -0.4 is 5.32 Å². The molecule has 78 valence electrons. The minimum absolute atomic E-state index is 0.158. The topological polar surface area (TPSA) is 49.4 Å². The maximum absolute atomic E-state index is 11.0. The Morgan fingerprint density at radius 1 is 1.50 bits per heavy atom. The maximum atomic E-state index is 11.0. The van der Waals surface area contributed by atoms with Gasteiger partial charge in [-0.3, -0.25) is 9.59 Å². The van der Waals surface area contributed by atoms with Gasteiger partial charge in [-0.1, -0.05) is 13.2 Å². The van der Waals surface area contributed by atoms with E-state index < -0.39 is 0 Å². The highest BCUT2D eigenvalue weighted by Crippen LogP contribution is 1.87. The molecule has 0 aromatic heterocycles. The minimum atomic E-state index is -0.190. The van der Waals surface area contributed by atoms with Crippen LogP contribution in [0.2, 0.25) is 0 Å². The van der Waals surface area contributed by atoms with Crippen LogP contribution in [0.3, 0.4) is 0 Å². The molecule has 0 aromatic rings. The van der Waals surface area contributed by atoms with Crippen molar-refractivity contribution in [1.29, 1.82) is 0 Å². The van der Waals surface area contributed by atoms with E-state index in [1.54, 1.807) is 14.0 Å². The van der Waals surface area contributed by atoms with Gasteiger partial charge in [0.05, 0.1) is 0 Å². The van der Waals surface area contributed by atoms with Gasteiger partial charge in [0.15, 0.2) is 0 Å². The highest BCUT2D eigenvalue weighted by molar-refractivity contribution is 5.92. The van der Waals surface area contributed by atoms with Crippen molar-refractivity contribution in [3.63, 3.8) is 0 Å². The Labute approximate surface area is 84.3 Å². The minimum Gasteiger partial charge on any atom is -0.351 e. The second kappa shape index (κ2) is 5.96. The van der Waals surface area contributed by atoms with E-state index in [4.69, 9.17) is 0 Å². The van der Waals surface area contributed by atoms with E-state index in [9.17, 15) is 9.59 Å². The summed E-state index contributed by atoms with van der Waals surface area (Å²) < 4.78 is 0. The molecule has 0 aromatic carbocycles. The van der Waals surface area contributed by atoms with Gasteiger partial charge in [0.25, 0.3) is 0 Å². The molecule has 0 radical (unpaired) electrons. The predicted molar refractivity (Wildman–Crippen MR) is 55.7 cm³/mol. The van der Waals surface area contributed by atoms with Gasteiger partial charge in [0, 0.05) is 25.7 Å². The van der Waals surface area contributed by atoms with E-state index in [0.717, 1.165) is 0 Å². The first-order valence-electron chi connectivity index (χ1n) is 4.30. The molecule has 0 aliphatic heterocycles. The molecule has 2 amide bonds. The summed E-state index contributed by atoms with van der Waals surface area (Å²) in [7, 11) is 1.65. The van der Waals surface area contributed by atoms with Gasteiger partial charge in [-0.15, -0.1) is 0 Å². The van der Waals surface area contributed by atoms with Gasteiger partial charge >= 0.3 is 0 Å². The number of amides is 2. The molecule has 0 atom stereocenters. The second-order valence-corrected chi connectivity index (χ2v) is 3.00.